The Kier molecular flexibility index (Phi) is 5.97. The molecule has 0 aromatic heterocycles. The number of piperidine rings is 1. The molecule has 0 aliphatic carbocycles. The highest BCUT2D eigenvalue weighted by atomic mass is 32.2. The highest BCUT2D eigenvalue weighted by Gasteiger charge is 2.37. The molecular weight excluding hydrogens is 437 g/mol. The Bertz CT molecular complexity index is 1250. The minimum Gasteiger partial charge on any atom is -0.487 e. The van der Waals surface area contributed by atoms with Gasteiger partial charge in [-0.15, -0.1) is 0 Å². The first-order valence-electron chi connectivity index (χ1n) is 11.5. The van der Waals surface area contributed by atoms with Gasteiger partial charge in [-0.3, -0.25) is 0 Å². The molecule has 6 heteroatoms. The molecule has 0 radical (unpaired) electrons. The minimum absolute atomic E-state index is 0.0568. The Morgan fingerprint density at radius 1 is 0.879 bits per heavy atom. The van der Waals surface area contributed by atoms with E-state index in [-0.39, 0.29) is 22.7 Å². The van der Waals surface area contributed by atoms with Gasteiger partial charge in [-0.25, -0.2) is 12.8 Å². The summed E-state index contributed by atoms with van der Waals surface area (Å²) in [6, 6.07) is 19.8. The summed E-state index contributed by atoms with van der Waals surface area (Å²) in [5.74, 6) is 0.0168. The number of hydrogen-bond acceptors (Lipinski definition) is 4. The van der Waals surface area contributed by atoms with Gasteiger partial charge in [0.2, 0.25) is 0 Å². The molecule has 0 bridgehead atoms. The van der Waals surface area contributed by atoms with Crippen molar-refractivity contribution in [2.75, 3.05) is 13.1 Å². The molecule has 2 aliphatic rings. The Morgan fingerprint density at radius 2 is 1.61 bits per heavy atom. The molecule has 4 nitrogen and oxygen atoms in total. The lowest BCUT2D eigenvalue weighted by Crippen LogP contribution is -2.48. The second-order valence-corrected chi connectivity index (χ2v) is 11.2. The van der Waals surface area contributed by atoms with Gasteiger partial charge in [-0.2, -0.15) is 0 Å². The molecule has 1 spiro atoms. The van der Waals surface area contributed by atoms with Crippen LogP contribution in [0, 0.1) is 5.82 Å². The van der Waals surface area contributed by atoms with Crippen LogP contribution in [0.5, 0.6) is 5.75 Å². The highest BCUT2D eigenvalue weighted by molar-refractivity contribution is 7.89. The third-order valence-corrected chi connectivity index (χ3v) is 8.27. The van der Waals surface area contributed by atoms with Crippen LogP contribution in [0.3, 0.4) is 0 Å². The monoisotopic (exact) mass is 465 g/mol. The maximum absolute atomic E-state index is 14.9. The molecule has 3 aromatic carbocycles. The fraction of sp³-hybridized carbons (Fsp3) is 0.333. The van der Waals surface area contributed by atoms with Gasteiger partial charge in [0.05, 0.1) is 11.5 Å². The van der Waals surface area contributed by atoms with Crippen molar-refractivity contribution in [3.8, 4) is 16.9 Å². The van der Waals surface area contributed by atoms with Crippen LogP contribution >= 0.6 is 0 Å². The molecule has 0 unspecified atom stereocenters. The fourth-order valence-electron chi connectivity index (χ4n) is 4.90. The first kappa shape index (κ1) is 22.1. The largest absolute Gasteiger partial charge is 0.487 e. The van der Waals surface area contributed by atoms with E-state index in [1.807, 2.05) is 18.2 Å². The SMILES string of the molecule is O=S(=O)(Cc1ccccc1)Cc1ccc(-c2ccc3c(c2)CCC2(CCNCC2)O3)cc1F. The predicted molar refractivity (Wildman–Crippen MR) is 128 cm³/mol. The van der Waals surface area contributed by atoms with Crippen molar-refractivity contribution in [2.24, 2.45) is 0 Å². The van der Waals surface area contributed by atoms with Crippen LogP contribution in [-0.4, -0.2) is 27.1 Å². The van der Waals surface area contributed by atoms with E-state index in [1.54, 1.807) is 36.4 Å². The van der Waals surface area contributed by atoms with Gasteiger partial charge >= 0.3 is 0 Å². The molecule has 1 saturated heterocycles. The van der Waals surface area contributed by atoms with Crippen molar-refractivity contribution in [1.82, 2.24) is 5.32 Å². The molecule has 5 rings (SSSR count). The van der Waals surface area contributed by atoms with Crippen molar-refractivity contribution in [3.63, 3.8) is 0 Å². The molecule has 2 heterocycles. The molecular formula is C27H28FNO3S. The molecule has 3 aromatic rings. The summed E-state index contributed by atoms with van der Waals surface area (Å²) >= 11 is 0. The van der Waals surface area contributed by atoms with Gasteiger partial charge in [0.1, 0.15) is 17.2 Å². The van der Waals surface area contributed by atoms with Gasteiger partial charge in [0.15, 0.2) is 9.84 Å². The van der Waals surface area contributed by atoms with E-state index in [9.17, 15) is 12.8 Å². The van der Waals surface area contributed by atoms with Crippen molar-refractivity contribution in [2.45, 2.75) is 42.8 Å². The van der Waals surface area contributed by atoms with Gasteiger partial charge in [-0.05, 0) is 79.2 Å². The lowest BCUT2D eigenvalue weighted by Gasteiger charge is -2.41. The average molecular weight is 466 g/mol. The summed E-state index contributed by atoms with van der Waals surface area (Å²) in [5.41, 5.74) is 3.64. The van der Waals surface area contributed by atoms with Gasteiger partial charge in [0.25, 0.3) is 0 Å². The van der Waals surface area contributed by atoms with Crippen LogP contribution < -0.4 is 10.1 Å². The molecule has 1 fully saturated rings. The molecule has 0 amide bonds. The van der Waals surface area contributed by atoms with Crippen molar-refractivity contribution < 1.29 is 17.5 Å². The Labute approximate surface area is 194 Å². The van der Waals surface area contributed by atoms with Crippen molar-refractivity contribution in [1.29, 1.82) is 0 Å². The van der Waals surface area contributed by atoms with E-state index in [0.717, 1.165) is 61.2 Å². The molecule has 2 aliphatic heterocycles. The van der Waals surface area contributed by atoms with E-state index in [4.69, 9.17) is 4.74 Å². The van der Waals surface area contributed by atoms with E-state index >= 15 is 0 Å². The van der Waals surface area contributed by atoms with Crippen LogP contribution in [0.15, 0.2) is 66.7 Å². The fourth-order valence-corrected chi connectivity index (χ4v) is 6.41. The van der Waals surface area contributed by atoms with Crippen molar-refractivity contribution in [3.05, 3.63) is 89.2 Å². The lowest BCUT2D eigenvalue weighted by atomic mass is 9.83. The lowest BCUT2D eigenvalue weighted by molar-refractivity contribution is 0.0170. The van der Waals surface area contributed by atoms with E-state index in [0.29, 0.717) is 5.56 Å². The third kappa shape index (κ3) is 4.97. The van der Waals surface area contributed by atoms with Crippen LogP contribution in [0.4, 0.5) is 4.39 Å². The van der Waals surface area contributed by atoms with Crippen LogP contribution in [0.1, 0.15) is 36.0 Å². The predicted octanol–water partition coefficient (Wildman–Crippen LogP) is 5.05. The Balaban J connectivity index is 1.32. The first-order valence-corrected chi connectivity index (χ1v) is 13.3. The molecule has 0 atom stereocenters. The normalized spacial score (nSPS) is 17.4. The van der Waals surface area contributed by atoms with Gasteiger partial charge < -0.3 is 10.1 Å². The smallest absolute Gasteiger partial charge is 0.158 e. The van der Waals surface area contributed by atoms with Gasteiger partial charge in [0, 0.05) is 5.56 Å². The summed E-state index contributed by atoms with van der Waals surface area (Å²) in [5, 5.41) is 3.39. The number of nitrogens with one attached hydrogen (secondary N) is 1. The standard InChI is InChI=1S/C27H28FNO3S/c28-25-17-22(6-7-24(25)19-33(30,31)18-20-4-2-1-3-5-20)21-8-9-26-23(16-21)10-11-27(32-26)12-14-29-15-13-27/h1-9,16-17,29H,10-15,18-19H2. The zero-order valence-corrected chi connectivity index (χ0v) is 19.3. The quantitative estimate of drug-likeness (QED) is 0.573. The molecule has 172 valence electrons. The molecule has 1 N–H and O–H groups in total. The van der Waals surface area contributed by atoms with E-state index < -0.39 is 15.7 Å². The number of rotatable bonds is 5. The summed E-state index contributed by atoms with van der Waals surface area (Å²) in [6.45, 7) is 1.97. The topological polar surface area (TPSA) is 55.4 Å². The van der Waals surface area contributed by atoms with Crippen molar-refractivity contribution >= 4 is 9.84 Å². The van der Waals surface area contributed by atoms with Crippen LogP contribution in [0.2, 0.25) is 0 Å². The number of ether oxygens (including phenoxy) is 1. The Hall–Kier alpha value is -2.70. The zero-order valence-electron chi connectivity index (χ0n) is 18.5. The number of hydrogen-bond donors (Lipinski definition) is 1. The number of benzene rings is 3. The zero-order chi connectivity index (χ0) is 22.9. The average Bonchev–Trinajstić information content (AvgIpc) is 2.81. The number of aryl methyl sites for hydroxylation is 1. The second-order valence-electron chi connectivity index (χ2n) is 9.18. The summed E-state index contributed by atoms with van der Waals surface area (Å²) in [6.07, 6.45) is 3.99. The Morgan fingerprint density at radius 3 is 2.36 bits per heavy atom. The molecule has 33 heavy (non-hydrogen) atoms. The first-order chi connectivity index (χ1) is 15.9. The summed E-state index contributed by atoms with van der Waals surface area (Å²) in [4.78, 5) is 0. The molecule has 0 saturated carbocycles. The minimum atomic E-state index is -3.47. The van der Waals surface area contributed by atoms with E-state index in [1.165, 1.54) is 6.07 Å². The highest BCUT2D eigenvalue weighted by Crippen LogP contribution is 2.40. The van der Waals surface area contributed by atoms with Gasteiger partial charge in [-0.1, -0.05) is 48.5 Å². The number of fused-ring (bicyclic) bond motifs is 1. The maximum Gasteiger partial charge on any atom is 0.158 e. The summed E-state index contributed by atoms with van der Waals surface area (Å²) in [7, 11) is -3.47. The third-order valence-electron chi connectivity index (χ3n) is 6.74. The van der Waals surface area contributed by atoms with Crippen LogP contribution in [0.25, 0.3) is 11.1 Å². The number of sulfone groups is 1. The maximum atomic E-state index is 14.9. The second kappa shape index (κ2) is 8.92. The van der Waals surface area contributed by atoms with Crippen LogP contribution in [-0.2, 0) is 27.8 Å². The summed E-state index contributed by atoms with van der Waals surface area (Å²) < 4.78 is 46.5. The van der Waals surface area contributed by atoms with E-state index in [2.05, 4.69) is 11.4 Å². The number of halogens is 1.